The average Bonchev–Trinajstić information content (AvgIpc) is 2.84. The fourth-order valence-corrected chi connectivity index (χ4v) is 2.39. The SMILES string of the molecule is CNC(c1ccsc1)c1ccc(F)c(F)c1F. The number of nitrogens with one attached hydrogen (secondary N) is 1. The summed E-state index contributed by atoms with van der Waals surface area (Å²) >= 11 is 1.46. The molecule has 1 unspecified atom stereocenters. The van der Waals surface area contributed by atoms with Crippen LogP contribution in [0.1, 0.15) is 17.2 Å². The van der Waals surface area contributed by atoms with Crippen molar-refractivity contribution in [3.05, 3.63) is 57.5 Å². The van der Waals surface area contributed by atoms with Gasteiger partial charge in [0.1, 0.15) is 0 Å². The first-order valence-electron chi connectivity index (χ1n) is 4.98. The highest BCUT2D eigenvalue weighted by Crippen LogP contribution is 2.27. The van der Waals surface area contributed by atoms with Gasteiger partial charge in [0.15, 0.2) is 17.5 Å². The van der Waals surface area contributed by atoms with Crippen molar-refractivity contribution in [3.63, 3.8) is 0 Å². The molecule has 1 heterocycles. The number of thiophene rings is 1. The summed E-state index contributed by atoms with van der Waals surface area (Å²) < 4.78 is 39.6. The molecule has 0 aliphatic rings. The van der Waals surface area contributed by atoms with Crippen molar-refractivity contribution in [2.24, 2.45) is 0 Å². The summed E-state index contributed by atoms with van der Waals surface area (Å²) in [6.07, 6.45) is 0. The fourth-order valence-electron chi connectivity index (χ4n) is 1.70. The van der Waals surface area contributed by atoms with Gasteiger partial charge in [-0.2, -0.15) is 11.3 Å². The highest BCUT2D eigenvalue weighted by atomic mass is 32.1. The fraction of sp³-hybridized carbons (Fsp3) is 0.167. The molecule has 0 radical (unpaired) electrons. The van der Waals surface area contributed by atoms with Gasteiger partial charge in [-0.1, -0.05) is 6.07 Å². The van der Waals surface area contributed by atoms with Crippen molar-refractivity contribution < 1.29 is 13.2 Å². The lowest BCUT2D eigenvalue weighted by atomic mass is 10.0. The first-order chi connectivity index (χ1) is 8.15. The van der Waals surface area contributed by atoms with E-state index < -0.39 is 23.5 Å². The predicted octanol–water partition coefficient (Wildman–Crippen LogP) is 3.47. The van der Waals surface area contributed by atoms with Crippen molar-refractivity contribution in [2.45, 2.75) is 6.04 Å². The third kappa shape index (κ3) is 2.21. The van der Waals surface area contributed by atoms with Crippen molar-refractivity contribution in [1.82, 2.24) is 5.32 Å². The van der Waals surface area contributed by atoms with Crippen LogP contribution in [0.25, 0.3) is 0 Å². The van der Waals surface area contributed by atoms with E-state index >= 15 is 0 Å². The summed E-state index contributed by atoms with van der Waals surface area (Å²) in [6.45, 7) is 0. The van der Waals surface area contributed by atoms with Gasteiger partial charge < -0.3 is 5.32 Å². The molecule has 2 rings (SSSR count). The molecule has 0 bridgehead atoms. The summed E-state index contributed by atoms with van der Waals surface area (Å²) in [5.74, 6) is -3.75. The van der Waals surface area contributed by atoms with Gasteiger partial charge in [-0.25, -0.2) is 13.2 Å². The maximum Gasteiger partial charge on any atom is 0.194 e. The maximum absolute atomic E-state index is 13.6. The van der Waals surface area contributed by atoms with Crippen LogP contribution >= 0.6 is 11.3 Å². The summed E-state index contributed by atoms with van der Waals surface area (Å²) in [4.78, 5) is 0. The van der Waals surface area contributed by atoms with Crippen LogP contribution in [0.3, 0.4) is 0 Å². The van der Waals surface area contributed by atoms with E-state index in [2.05, 4.69) is 5.32 Å². The molecular weight excluding hydrogens is 247 g/mol. The summed E-state index contributed by atoms with van der Waals surface area (Å²) in [5.41, 5.74) is 0.923. The Kier molecular flexibility index (Phi) is 3.49. The van der Waals surface area contributed by atoms with Gasteiger partial charge in [-0.3, -0.25) is 0 Å². The molecule has 17 heavy (non-hydrogen) atoms. The lowest BCUT2D eigenvalue weighted by molar-refractivity contribution is 0.435. The molecule has 0 aliphatic carbocycles. The molecule has 90 valence electrons. The maximum atomic E-state index is 13.6. The first kappa shape index (κ1) is 12.1. The lowest BCUT2D eigenvalue weighted by Crippen LogP contribution is -2.19. The van der Waals surface area contributed by atoms with E-state index in [0.29, 0.717) is 0 Å². The summed E-state index contributed by atoms with van der Waals surface area (Å²) in [7, 11) is 1.64. The van der Waals surface area contributed by atoms with Crippen LogP contribution in [0.2, 0.25) is 0 Å². The normalized spacial score (nSPS) is 12.7. The summed E-state index contributed by atoms with van der Waals surface area (Å²) in [6, 6.07) is 3.53. The van der Waals surface area contributed by atoms with E-state index in [0.717, 1.165) is 11.6 Å². The minimum atomic E-state index is -1.43. The van der Waals surface area contributed by atoms with Gasteiger partial charge in [-0.05, 0) is 35.5 Å². The van der Waals surface area contributed by atoms with Crippen LogP contribution in [-0.2, 0) is 0 Å². The van der Waals surface area contributed by atoms with E-state index in [1.54, 1.807) is 7.05 Å². The zero-order valence-corrected chi connectivity index (χ0v) is 9.82. The Hall–Kier alpha value is -1.33. The standard InChI is InChI=1S/C12H10F3NS/c1-16-12(7-4-5-17-6-7)8-2-3-9(13)11(15)10(8)14/h2-6,12,16H,1H3. The van der Waals surface area contributed by atoms with Gasteiger partial charge in [-0.15, -0.1) is 0 Å². The highest BCUT2D eigenvalue weighted by Gasteiger charge is 2.21. The highest BCUT2D eigenvalue weighted by molar-refractivity contribution is 7.08. The molecule has 5 heteroatoms. The molecular formula is C12H10F3NS. The van der Waals surface area contributed by atoms with Crippen LogP contribution < -0.4 is 5.32 Å². The van der Waals surface area contributed by atoms with Crippen LogP contribution in [-0.4, -0.2) is 7.05 Å². The second-order valence-electron chi connectivity index (χ2n) is 3.54. The molecule has 0 aliphatic heterocycles. The number of benzene rings is 1. The van der Waals surface area contributed by atoms with Crippen LogP contribution in [0, 0.1) is 17.5 Å². The number of hydrogen-bond acceptors (Lipinski definition) is 2. The molecule has 0 saturated carbocycles. The topological polar surface area (TPSA) is 12.0 Å². The van der Waals surface area contributed by atoms with Gasteiger partial charge in [0.05, 0.1) is 6.04 Å². The monoisotopic (exact) mass is 257 g/mol. The third-order valence-electron chi connectivity index (χ3n) is 2.54. The zero-order valence-electron chi connectivity index (χ0n) is 9.01. The minimum absolute atomic E-state index is 0.102. The Morgan fingerprint density at radius 2 is 1.88 bits per heavy atom. The van der Waals surface area contributed by atoms with E-state index in [1.165, 1.54) is 17.4 Å². The summed E-state index contributed by atoms with van der Waals surface area (Å²) in [5, 5.41) is 6.57. The van der Waals surface area contributed by atoms with Crippen LogP contribution in [0.5, 0.6) is 0 Å². The smallest absolute Gasteiger partial charge is 0.194 e. The van der Waals surface area contributed by atoms with E-state index in [4.69, 9.17) is 0 Å². The van der Waals surface area contributed by atoms with Crippen molar-refractivity contribution in [1.29, 1.82) is 0 Å². The Morgan fingerprint density at radius 3 is 2.47 bits per heavy atom. The molecule has 0 amide bonds. The van der Waals surface area contributed by atoms with Gasteiger partial charge in [0.25, 0.3) is 0 Å². The molecule has 1 nitrogen and oxygen atoms in total. The lowest BCUT2D eigenvalue weighted by Gasteiger charge is -2.16. The molecule has 1 aromatic carbocycles. The minimum Gasteiger partial charge on any atom is -0.309 e. The van der Waals surface area contributed by atoms with Crippen LogP contribution in [0.4, 0.5) is 13.2 Å². The second kappa shape index (κ2) is 4.89. The predicted molar refractivity (Wildman–Crippen MR) is 61.5 cm³/mol. The Bertz CT molecular complexity index is 511. The molecule has 0 spiro atoms. The third-order valence-corrected chi connectivity index (χ3v) is 3.24. The molecule has 0 saturated heterocycles. The van der Waals surface area contributed by atoms with Crippen molar-refractivity contribution >= 4 is 11.3 Å². The van der Waals surface area contributed by atoms with Crippen molar-refractivity contribution in [2.75, 3.05) is 7.05 Å². The van der Waals surface area contributed by atoms with Gasteiger partial charge in [0, 0.05) is 5.56 Å². The van der Waals surface area contributed by atoms with Gasteiger partial charge in [0.2, 0.25) is 0 Å². The van der Waals surface area contributed by atoms with Gasteiger partial charge >= 0.3 is 0 Å². The quantitative estimate of drug-likeness (QED) is 0.830. The Morgan fingerprint density at radius 1 is 1.12 bits per heavy atom. The van der Waals surface area contributed by atoms with Crippen molar-refractivity contribution in [3.8, 4) is 0 Å². The first-order valence-corrected chi connectivity index (χ1v) is 5.92. The Balaban J connectivity index is 2.49. The number of rotatable bonds is 3. The Labute approximate surface area is 101 Å². The number of hydrogen-bond donors (Lipinski definition) is 1. The van der Waals surface area contributed by atoms with E-state index in [1.807, 2.05) is 16.8 Å². The van der Waals surface area contributed by atoms with E-state index in [9.17, 15) is 13.2 Å². The number of halogens is 3. The molecule has 0 fully saturated rings. The average molecular weight is 257 g/mol. The second-order valence-corrected chi connectivity index (χ2v) is 4.32. The van der Waals surface area contributed by atoms with E-state index in [-0.39, 0.29) is 5.56 Å². The molecule has 2 aromatic rings. The van der Waals surface area contributed by atoms with Crippen LogP contribution in [0.15, 0.2) is 29.0 Å². The molecule has 1 aromatic heterocycles. The zero-order chi connectivity index (χ0) is 12.4. The molecule has 1 N–H and O–H groups in total. The molecule has 1 atom stereocenters. The largest absolute Gasteiger partial charge is 0.309 e.